The van der Waals surface area contributed by atoms with E-state index in [2.05, 4.69) is 228 Å². The molecular weight excluding hydrogens is 741 g/mol. The fourth-order valence-electron chi connectivity index (χ4n) is 9.27. The molecule has 12 rings (SSSR count). The van der Waals surface area contributed by atoms with Crippen molar-refractivity contribution in [1.82, 2.24) is 4.57 Å². The standard InChI is InChI=1S/C58H38N2O/c1-2-13-44-38-47(37-30-39(44)12-1)59(46-35-31-43(32-36-46)49-18-11-19-53-52-17-6-10-23-57(52)61-58(49)53)45-33-28-41(29-34-45)40-24-26-42(27-25-40)48-14-3-7-20-54(48)60-55-21-8-4-15-50(55)51-16-5-9-22-56(51)60/h1-38H. The molecule has 0 radical (unpaired) electrons. The molecule has 0 spiro atoms. The molecule has 286 valence electrons. The maximum absolute atomic E-state index is 6.41. The molecule has 0 saturated carbocycles. The Kier molecular flexibility index (Phi) is 8.17. The highest BCUT2D eigenvalue weighted by molar-refractivity contribution is 6.11. The lowest BCUT2D eigenvalue weighted by molar-refractivity contribution is 0.670. The van der Waals surface area contributed by atoms with Crippen molar-refractivity contribution in [1.29, 1.82) is 0 Å². The third-order valence-electron chi connectivity index (χ3n) is 12.2. The predicted molar refractivity (Wildman–Crippen MR) is 257 cm³/mol. The van der Waals surface area contributed by atoms with Crippen LogP contribution in [0.4, 0.5) is 17.1 Å². The lowest BCUT2D eigenvalue weighted by Gasteiger charge is -2.26. The zero-order chi connectivity index (χ0) is 40.3. The first-order valence-corrected chi connectivity index (χ1v) is 20.8. The van der Waals surface area contributed by atoms with Gasteiger partial charge in [0, 0.05) is 49.7 Å². The summed E-state index contributed by atoms with van der Waals surface area (Å²) in [5.41, 5.74) is 15.6. The summed E-state index contributed by atoms with van der Waals surface area (Å²) in [6.45, 7) is 0. The van der Waals surface area contributed by atoms with Gasteiger partial charge in [0.15, 0.2) is 0 Å². The van der Waals surface area contributed by atoms with Gasteiger partial charge in [-0.15, -0.1) is 0 Å². The SMILES string of the molecule is c1ccc(-n2c3ccccc3c3ccccc32)c(-c2ccc(-c3ccc(N(c4ccc(-c5cccc6c5oc5ccccc56)cc4)c4ccc5ccccc5c4)cc3)cc2)c1. The molecule has 0 unspecified atom stereocenters. The molecule has 0 N–H and O–H groups in total. The van der Waals surface area contributed by atoms with E-state index in [4.69, 9.17) is 4.42 Å². The minimum absolute atomic E-state index is 0.907. The van der Waals surface area contributed by atoms with Crippen LogP contribution >= 0.6 is 0 Å². The second-order valence-corrected chi connectivity index (χ2v) is 15.7. The largest absolute Gasteiger partial charge is 0.455 e. The molecule has 0 aliphatic rings. The van der Waals surface area contributed by atoms with Crippen LogP contribution in [0.3, 0.4) is 0 Å². The fourth-order valence-corrected chi connectivity index (χ4v) is 9.27. The Labute approximate surface area is 353 Å². The molecule has 12 aromatic rings. The van der Waals surface area contributed by atoms with E-state index in [-0.39, 0.29) is 0 Å². The van der Waals surface area contributed by atoms with E-state index in [0.717, 1.165) is 50.1 Å². The molecule has 3 nitrogen and oxygen atoms in total. The van der Waals surface area contributed by atoms with E-state index in [0.29, 0.717) is 0 Å². The number of anilines is 3. The molecule has 0 bridgehead atoms. The maximum Gasteiger partial charge on any atom is 0.143 e. The summed E-state index contributed by atoms with van der Waals surface area (Å²) in [6, 6.07) is 82.9. The van der Waals surface area contributed by atoms with Gasteiger partial charge in [0.2, 0.25) is 0 Å². The first kappa shape index (κ1) is 34.9. The van der Waals surface area contributed by atoms with E-state index in [1.165, 1.54) is 60.5 Å². The monoisotopic (exact) mass is 778 g/mol. The number of rotatable bonds is 7. The summed E-state index contributed by atoms with van der Waals surface area (Å²) in [5, 5.41) is 7.22. The van der Waals surface area contributed by atoms with E-state index in [1.54, 1.807) is 0 Å². The topological polar surface area (TPSA) is 21.3 Å². The predicted octanol–water partition coefficient (Wildman–Crippen LogP) is 16.3. The van der Waals surface area contributed by atoms with Gasteiger partial charge < -0.3 is 13.9 Å². The van der Waals surface area contributed by atoms with Crippen LogP contribution in [0.15, 0.2) is 235 Å². The number of benzene rings is 10. The lowest BCUT2D eigenvalue weighted by Crippen LogP contribution is -2.09. The minimum Gasteiger partial charge on any atom is -0.455 e. The maximum atomic E-state index is 6.41. The van der Waals surface area contributed by atoms with Crippen LogP contribution in [-0.4, -0.2) is 4.57 Å². The van der Waals surface area contributed by atoms with E-state index in [9.17, 15) is 0 Å². The number of hydrogen-bond acceptors (Lipinski definition) is 2. The van der Waals surface area contributed by atoms with E-state index >= 15 is 0 Å². The van der Waals surface area contributed by atoms with Gasteiger partial charge in [0.05, 0.1) is 16.7 Å². The summed E-state index contributed by atoms with van der Waals surface area (Å²) in [7, 11) is 0. The second-order valence-electron chi connectivity index (χ2n) is 15.7. The van der Waals surface area contributed by atoms with Crippen molar-refractivity contribution in [2.24, 2.45) is 0 Å². The average Bonchev–Trinajstić information content (AvgIpc) is 3.88. The van der Waals surface area contributed by atoms with E-state index < -0.39 is 0 Å². The van der Waals surface area contributed by atoms with Crippen molar-refractivity contribution in [3.63, 3.8) is 0 Å². The number of hydrogen-bond donors (Lipinski definition) is 0. The third-order valence-corrected chi connectivity index (χ3v) is 12.2. The van der Waals surface area contributed by atoms with Gasteiger partial charge in [0.1, 0.15) is 11.2 Å². The average molecular weight is 779 g/mol. The Morgan fingerprint density at radius 3 is 1.54 bits per heavy atom. The van der Waals surface area contributed by atoms with Gasteiger partial charge >= 0.3 is 0 Å². The molecule has 0 amide bonds. The number of fused-ring (bicyclic) bond motifs is 7. The van der Waals surface area contributed by atoms with E-state index in [1.807, 2.05) is 12.1 Å². The molecule has 10 aromatic carbocycles. The van der Waals surface area contributed by atoms with Crippen LogP contribution in [0.1, 0.15) is 0 Å². The van der Waals surface area contributed by atoms with Gasteiger partial charge in [-0.2, -0.15) is 0 Å². The van der Waals surface area contributed by atoms with Gasteiger partial charge in [-0.05, 0) is 93.7 Å². The van der Waals surface area contributed by atoms with Crippen LogP contribution in [-0.2, 0) is 0 Å². The molecule has 0 atom stereocenters. The molecule has 0 fully saturated rings. The molecule has 0 aliphatic heterocycles. The minimum atomic E-state index is 0.907. The Balaban J connectivity index is 0.892. The quantitative estimate of drug-likeness (QED) is 0.161. The number of para-hydroxylation sites is 5. The summed E-state index contributed by atoms with van der Waals surface area (Å²) >= 11 is 0. The first-order chi connectivity index (χ1) is 30.2. The van der Waals surface area contributed by atoms with Crippen molar-refractivity contribution in [2.45, 2.75) is 0 Å². The van der Waals surface area contributed by atoms with Crippen LogP contribution in [0.5, 0.6) is 0 Å². The summed E-state index contributed by atoms with van der Waals surface area (Å²) < 4.78 is 8.81. The molecule has 0 saturated heterocycles. The Morgan fingerprint density at radius 1 is 0.328 bits per heavy atom. The van der Waals surface area contributed by atoms with Crippen molar-refractivity contribution < 1.29 is 4.42 Å². The van der Waals surface area contributed by atoms with Crippen LogP contribution in [0.2, 0.25) is 0 Å². The van der Waals surface area contributed by atoms with Gasteiger partial charge in [0.25, 0.3) is 0 Å². The van der Waals surface area contributed by atoms with Gasteiger partial charge in [-0.1, -0.05) is 170 Å². The first-order valence-electron chi connectivity index (χ1n) is 20.8. The van der Waals surface area contributed by atoms with Crippen LogP contribution < -0.4 is 4.90 Å². The Morgan fingerprint density at radius 2 is 0.820 bits per heavy atom. The smallest absolute Gasteiger partial charge is 0.143 e. The molecule has 2 heterocycles. The van der Waals surface area contributed by atoms with Crippen LogP contribution in [0, 0.1) is 0 Å². The highest BCUT2D eigenvalue weighted by atomic mass is 16.3. The summed E-state index contributed by atoms with van der Waals surface area (Å²) in [6.07, 6.45) is 0. The molecule has 2 aromatic heterocycles. The number of nitrogens with zero attached hydrogens (tertiary/aromatic N) is 2. The fraction of sp³-hybridized carbons (Fsp3) is 0. The molecule has 61 heavy (non-hydrogen) atoms. The lowest BCUT2D eigenvalue weighted by atomic mass is 9.98. The highest BCUT2D eigenvalue weighted by Gasteiger charge is 2.18. The van der Waals surface area contributed by atoms with Crippen molar-refractivity contribution >= 4 is 71.6 Å². The highest BCUT2D eigenvalue weighted by Crippen LogP contribution is 2.41. The Hall–Kier alpha value is -8.14. The second kappa shape index (κ2) is 14.3. The number of aromatic nitrogens is 1. The summed E-state index contributed by atoms with van der Waals surface area (Å²) in [4.78, 5) is 2.34. The number of furan rings is 1. The molecule has 3 heteroatoms. The van der Waals surface area contributed by atoms with Gasteiger partial charge in [-0.3, -0.25) is 0 Å². The molecule has 0 aliphatic carbocycles. The summed E-state index contributed by atoms with van der Waals surface area (Å²) in [5.74, 6) is 0. The van der Waals surface area contributed by atoms with Gasteiger partial charge in [-0.25, -0.2) is 0 Å². The third kappa shape index (κ3) is 5.90. The zero-order valence-electron chi connectivity index (χ0n) is 33.2. The Bertz CT molecular complexity index is 3520. The normalized spacial score (nSPS) is 11.6. The van der Waals surface area contributed by atoms with Crippen molar-refractivity contribution in [3.05, 3.63) is 231 Å². The van der Waals surface area contributed by atoms with Crippen molar-refractivity contribution in [3.8, 4) is 39.1 Å². The van der Waals surface area contributed by atoms with Crippen molar-refractivity contribution in [2.75, 3.05) is 4.90 Å². The van der Waals surface area contributed by atoms with Crippen LogP contribution in [0.25, 0.3) is 93.6 Å². The molecular formula is C58H38N2O. The zero-order valence-corrected chi connectivity index (χ0v) is 33.2.